The Morgan fingerprint density at radius 1 is 0.913 bits per heavy atom. The summed E-state index contributed by atoms with van der Waals surface area (Å²) in [5.41, 5.74) is 1.62. The highest BCUT2D eigenvalue weighted by Gasteiger charge is 2.35. The Morgan fingerprint density at radius 2 is 1.52 bits per heavy atom. The summed E-state index contributed by atoms with van der Waals surface area (Å²) in [6.45, 7) is 0. The van der Waals surface area contributed by atoms with Gasteiger partial charge in [0.25, 0.3) is 0 Å². The topological polar surface area (TPSA) is 46.3 Å². The van der Waals surface area contributed by atoms with E-state index >= 15 is 0 Å². The van der Waals surface area contributed by atoms with Crippen LogP contribution >= 0.6 is 0 Å². The number of phenolic OH excluding ortho intramolecular Hbond substituents is 1. The first-order valence-electron chi connectivity index (χ1n) is 9.41. The van der Waals surface area contributed by atoms with Crippen molar-refractivity contribution in [1.82, 2.24) is 4.98 Å². The number of phenols is 1. The number of hydrogen-bond donors (Lipinski definition) is 1. The molecule has 0 amide bonds. The number of fused-ring (bicyclic) bond motifs is 1. The smallest absolute Gasteiger partial charge is 0.199 e. The Bertz CT molecular complexity index is 633. The highest BCUT2D eigenvalue weighted by atomic mass is 16.3. The lowest BCUT2D eigenvalue weighted by atomic mass is 9.69. The van der Waals surface area contributed by atoms with E-state index in [1.807, 2.05) is 6.07 Å². The van der Waals surface area contributed by atoms with Crippen molar-refractivity contribution in [3.8, 4) is 5.75 Å². The third-order valence-corrected chi connectivity index (χ3v) is 5.99. The van der Waals surface area contributed by atoms with Gasteiger partial charge in [0, 0.05) is 12.0 Å². The van der Waals surface area contributed by atoms with Gasteiger partial charge in [0.1, 0.15) is 11.3 Å². The van der Waals surface area contributed by atoms with Crippen LogP contribution in [0.15, 0.2) is 22.6 Å². The minimum Gasteiger partial charge on any atom is -0.508 e. The van der Waals surface area contributed by atoms with E-state index in [4.69, 9.17) is 9.40 Å². The second-order valence-corrected chi connectivity index (χ2v) is 7.53. The Kier molecular flexibility index (Phi) is 4.28. The zero-order chi connectivity index (χ0) is 15.6. The van der Waals surface area contributed by atoms with Gasteiger partial charge in [-0.05, 0) is 49.7 Å². The van der Waals surface area contributed by atoms with E-state index in [1.165, 1.54) is 64.2 Å². The van der Waals surface area contributed by atoms with E-state index in [1.54, 1.807) is 12.1 Å². The average molecular weight is 313 g/mol. The molecule has 124 valence electrons. The molecule has 1 aromatic carbocycles. The Balaban J connectivity index is 1.69. The summed E-state index contributed by atoms with van der Waals surface area (Å²) < 4.78 is 6.15. The monoisotopic (exact) mass is 313 g/mol. The highest BCUT2D eigenvalue weighted by Crippen LogP contribution is 2.46. The molecule has 2 aromatic rings. The van der Waals surface area contributed by atoms with Gasteiger partial charge >= 0.3 is 0 Å². The molecule has 0 bridgehead atoms. The fourth-order valence-corrected chi connectivity index (χ4v) is 4.85. The number of aromatic hydroxyl groups is 1. The van der Waals surface area contributed by atoms with Crippen LogP contribution in [0.2, 0.25) is 0 Å². The summed E-state index contributed by atoms with van der Waals surface area (Å²) in [6, 6.07) is 5.27. The quantitative estimate of drug-likeness (QED) is 0.781. The molecule has 1 aromatic heterocycles. The number of aromatic nitrogens is 1. The molecule has 23 heavy (non-hydrogen) atoms. The van der Waals surface area contributed by atoms with E-state index in [0.29, 0.717) is 5.92 Å². The first-order valence-corrected chi connectivity index (χ1v) is 9.41. The van der Waals surface area contributed by atoms with Crippen molar-refractivity contribution in [1.29, 1.82) is 0 Å². The molecule has 0 spiro atoms. The molecule has 3 nitrogen and oxygen atoms in total. The van der Waals surface area contributed by atoms with Crippen LogP contribution in [0.1, 0.15) is 76.0 Å². The zero-order valence-electron chi connectivity index (χ0n) is 13.8. The predicted octanol–water partition coefficient (Wildman–Crippen LogP) is 5.78. The van der Waals surface area contributed by atoms with Gasteiger partial charge in [-0.2, -0.15) is 0 Å². The minimum absolute atomic E-state index is 0.257. The largest absolute Gasteiger partial charge is 0.508 e. The van der Waals surface area contributed by atoms with E-state index in [2.05, 4.69) is 0 Å². The lowest BCUT2D eigenvalue weighted by molar-refractivity contribution is 0.179. The molecule has 0 saturated heterocycles. The fourth-order valence-electron chi connectivity index (χ4n) is 4.85. The van der Waals surface area contributed by atoms with Crippen LogP contribution in [-0.4, -0.2) is 10.1 Å². The molecule has 2 aliphatic carbocycles. The van der Waals surface area contributed by atoms with Crippen molar-refractivity contribution in [2.24, 2.45) is 11.8 Å². The molecule has 3 heteroatoms. The molecule has 1 heterocycles. The van der Waals surface area contributed by atoms with E-state index < -0.39 is 0 Å². The average Bonchev–Trinajstić information content (AvgIpc) is 2.99. The number of benzene rings is 1. The second kappa shape index (κ2) is 6.54. The lowest BCUT2D eigenvalue weighted by Gasteiger charge is -2.35. The molecule has 0 radical (unpaired) electrons. The number of oxazole rings is 1. The highest BCUT2D eigenvalue weighted by molar-refractivity contribution is 5.74. The molecule has 0 unspecified atom stereocenters. The number of rotatable bonds is 3. The van der Waals surface area contributed by atoms with Crippen molar-refractivity contribution in [2.45, 2.75) is 70.1 Å². The minimum atomic E-state index is 0.257. The van der Waals surface area contributed by atoms with Crippen LogP contribution in [0, 0.1) is 11.8 Å². The summed E-state index contributed by atoms with van der Waals surface area (Å²) in [6.07, 6.45) is 13.5. The third kappa shape index (κ3) is 3.11. The molecule has 0 atom stereocenters. The maximum Gasteiger partial charge on any atom is 0.199 e. The third-order valence-electron chi connectivity index (χ3n) is 5.99. The molecule has 1 N–H and O–H groups in total. The van der Waals surface area contributed by atoms with Crippen LogP contribution < -0.4 is 0 Å². The summed E-state index contributed by atoms with van der Waals surface area (Å²) in [5.74, 6) is 3.13. The zero-order valence-corrected chi connectivity index (χ0v) is 13.8. The first-order chi connectivity index (χ1) is 11.3. The van der Waals surface area contributed by atoms with Gasteiger partial charge in [-0.1, -0.05) is 38.5 Å². The molecule has 2 saturated carbocycles. The molecule has 2 aliphatic rings. The van der Waals surface area contributed by atoms with Crippen molar-refractivity contribution in [3.05, 3.63) is 24.1 Å². The van der Waals surface area contributed by atoms with Gasteiger partial charge in [-0.25, -0.2) is 4.98 Å². The molecule has 4 rings (SSSR count). The van der Waals surface area contributed by atoms with Gasteiger partial charge < -0.3 is 9.52 Å². The molecular formula is C20H27NO2. The number of hydrogen-bond acceptors (Lipinski definition) is 3. The van der Waals surface area contributed by atoms with Crippen LogP contribution in [0.25, 0.3) is 11.1 Å². The second-order valence-electron chi connectivity index (χ2n) is 7.53. The molecule has 0 aliphatic heterocycles. The summed E-state index contributed by atoms with van der Waals surface area (Å²) in [7, 11) is 0. The number of nitrogens with zero attached hydrogens (tertiary/aromatic N) is 1. The van der Waals surface area contributed by atoms with E-state index in [0.717, 1.165) is 28.8 Å². The van der Waals surface area contributed by atoms with Crippen molar-refractivity contribution in [2.75, 3.05) is 0 Å². The van der Waals surface area contributed by atoms with Crippen molar-refractivity contribution in [3.63, 3.8) is 0 Å². The van der Waals surface area contributed by atoms with Crippen LogP contribution in [0.4, 0.5) is 0 Å². The Labute approximate surface area is 138 Å². The summed E-state index contributed by atoms with van der Waals surface area (Å²) in [4.78, 5) is 4.83. The van der Waals surface area contributed by atoms with Gasteiger partial charge in [0.15, 0.2) is 11.5 Å². The Morgan fingerprint density at radius 3 is 2.13 bits per heavy atom. The van der Waals surface area contributed by atoms with Crippen molar-refractivity contribution < 1.29 is 9.52 Å². The van der Waals surface area contributed by atoms with Crippen LogP contribution in [-0.2, 0) is 0 Å². The predicted molar refractivity (Wildman–Crippen MR) is 91.6 cm³/mol. The van der Waals surface area contributed by atoms with E-state index in [-0.39, 0.29) is 5.75 Å². The first kappa shape index (κ1) is 15.0. The van der Waals surface area contributed by atoms with Gasteiger partial charge in [0.05, 0.1) is 0 Å². The molecule has 2 fully saturated rings. The maximum atomic E-state index is 9.69. The lowest BCUT2D eigenvalue weighted by Crippen LogP contribution is -2.25. The molecular weight excluding hydrogens is 286 g/mol. The van der Waals surface area contributed by atoms with E-state index in [9.17, 15) is 5.11 Å². The maximum absolute atomic E-state index is 9.69. The fraction of sp³-hybridized carbons (Fsp3) is 0.650. The summed E-state index contributed by atoms with van der Waals surface area (Å²) >= 11 is 0. The summed E-state index contributed by atoms with van der Waals surface area (Å²) in [5, 5.41) is 9.69. The van der Waals surface area contributed by atoms with Crippen molar-refractivity contribution >= 4 is 11.1 Å². The van der Waals surface area contributed by atoms with Crippen LogP contribution in [0.5, 0.6) is 5.75 Å². The standard InChI is InChI=1S/C20H27NO2/c22-16-11-12-17-18(13-16)23-20(21-17)19(14-7-3-1-4-8-14)15-9-5-2-6-10-15/h11-15,19,22H,1-10H2. The van der Waals surface area contributed by atoms with Crippen LogP contribution in [0.3, 0.4) is 0 Å². The van der Waals surface area contributed by atoms with Gasteiger partial charge in [0.2, 0.25) is 0 Å². The SMILES string of the molecule is Oc1ccc2nc(C(C3CCCCC3)C3CCCCC3)oc2c1. The normalized spacial score (nSPS) is 21.3. The Hall–Kier alpha value is -1.51. The van der Waals surface area contributed by atoms with Gasteiger partial charge in [-0.3, -0.25) is 0 Å². The van der Waals surface area contributed by atoms with Gasteiger partial charge in [-0.15, -0.1) is 0 Å².